The van der Waals surface area contributed by atoms with E-state index in [0.717, 1.165) is 42.9 Å². The summed E-state index contributed by atoms with van der Waals surface area (Å²) in [5.74, 6) is 0. The van der Waals surface area contributed by atoms with Crippen LogP contribution in [0.15, 0.2) is 54.6 Å². The van der Waals surface area contributed by atoms with Gasteiger partial charge < -0.3 is 10.2 Å². The van der Waals surface area contributed by atoms with Crippen LogP contribution in [0.4, 0.5) is 5.69 Å². The number of rotatable bonds is 3. The molecular formula is C28H37N3O2S. The van der Waals surface area contributed by atoms with E-state index >= 15 is 0 Å². The van der Waals surface area contributed by atoms with Crippen LogP contribution in [-0.4, -0.2) is 28.9 Å². The topological polar surface area (TPSA) is 45.8 Å². The molecule has 6 heteroatoms. The molecule has 0 amide bonds. The first-order valence-corrected chi connectivity index (χ1v) is 12.5. The lowest BCUT2D eigenvalue weighted by molar-refractivity contribution is -0.142. The lowest BCUT2D eigenvalue weighted by Crippen LogP contribution is -2.45. The first-order chi connectivity index (χ1) is 15.9. The first kappa shape index (κ1) is 24.7. The van der Waals surface area contributed by atoms with Gasteiger partial charge in [0.05, 0.1) is 5.70 Å². The third-order valence-electron chi connectivity index (χ3n) is 6.61. The van der Waals surface area contributed by atoms with Crippen LogP contribution in [0.1, 0.15) is 71.1 Å². The molecule has 34 heavy (non-hydrogen) atoms. The Morgan fingerprint density at radius 3 is 1.97 bits per heavy atom. The number of hydroxylamine groups is 3. The molecule has 1 fully saturated rings. The number of nitrogens with zero attached hydrogens (tertiary/aromatic N) is 1. The van der Waals surface area contributed by atoms with Crippen molar-refractivity contribution < 1.29 is 9.68 Å². The highest BCUT2D eigenvalue weighted by Gasteiger charge is 2.39. The fourth-order valence-electron chi connectivity index (χ4n) is 4.28. The summed E-state index contributed by atoms with van der Waals surface area (Å²) in [7, 11) is 0. The van der Waals surface area contributed by atoms with Crippen LogP contribution in [0.5, 0.6) is 0 Å². The molecule has 0 saturated carbocycles. The van der Waals surface area contributed by atoms with Crippen LogP contribution in [0.25, 0.3) is 5.70 Å². The molecule has 4 rings (SSSR count). The Kier molecular flexibility index (Phi) is 6.78. The van der Waals surface area contributed by atoms with Crippen molar-refractivity contribution in [1.29, 1.82) is 0 Å². The minimum Gasteiger partial charge on any atom is -0.375 e. The summed E-state index contributed by atoms with van der Waals surface area (Å²) >= 11 is 5.44. The molecule has 2 N–H and O–H groups in total. The SMILES string of the molecule is CC(C)(C)c1ccc(NC(=S)ON2CCC3(C=C(c4ccc(C(C)(C)C)cc4)NO3)CC2)cc1. The Balaban J connectivity index is 1.30. The van der Waals surface area contributed by atoms with Crippen LogP contribution in [-0.2, 0) is 20.5 Å². The minimum atomic E-state index is -0.310. The summed E-state index contributed by atoms with van der Waals surface area (Å²) in [5, 5.41) is 5.46. The summed E-state index contributed by atoms with van der Waals surface area (Å²) in [4.78, 5) is 12.0. The Hall–Kier alpha value is -2.41. The Bertz CT molecular complexity index is 1040. The number of anilines is 1. The molecule has 1 saturated heterocycles. The first-order valence-electron chi connectivity index (χ1n) is 12.1. The summed E-state index contributed by atoms with van der Waals surface area (Å²) in [5.41, 5.74) is 8.84. The standard InChI is InChI=1S/C28H37N3O2S/c1-26(2,3)21-9-7-20(8-10-21)24-19-28(33-30-24)15-17-31(18-16-28)32-25(34)29-23-13-11-22(12-14-23)27(4,5)6/h7-14,19,30H,15-18H2,1-6H3,(H,29,34). The van der Waals surface area contributed by atoms with Crippen molar-refractivity contribution in [3.63, 3.8) is 0 Å². The molecule has 0 aromatic heterocycles. The van der Waals surface area contributed by atoms with Crippen LogP contribution in [0.3, 0.4) is 0 Å². The lowest BCUT2D eigenvalue weighted by Gasteiger charge is -2.35. The summed E-state index contributed by atoms with van der Waals surface area (Å²) in [6.45, 7) is 14.8. The van der Waals surface area contributed by atoms with Crippen molar-refractivity contribution in [3.8, 4) is 0 Å². The highest BCUT2D eigenvalue weighted by molar-refractivity contribution is 7.80. The van der Waals surface area contributed by atoms with Gasteiger partial charge in [-0.2, -0.15) is 0 Å². The van der Waals surface area contributed by atoms with Gasteiger partial charge in [0.1, 0.15) is 5.60 Å². The van der Waals surface area contributed by atoms with Crippen molar-refractivity contribution in [3.05, 3.63) is 71.3 Å². The van der Waals surface area contributed by atoms with Gasteiger partial charge in [-0.25, -0.2) is 0 Å². The molecule has 2 aromatic carbocycles. The zero-order valence-corrected chi connectivity index (χ0v) is 22.0. The maximum atomic E-state index is 6.06. The molecule has 2 aliphatic heterocycles. The number of hydrogen-bond acceptors (Lipinski definition) is 5. The van der Waals surface area contributed by atoms with Gasteiger partial charge in [-0.05, 0) is 70.8 Å². The van der Waals surface area contributed by atoms with Crippen LogP contribution < -0.4 is 10.8 Å². The summed E-state index contributed by atoms with van der Waals surface area (Å²) in [6.07, 6.45) is 3.88. The van der Waals surface area contributed by atoms with Gasteiger partial charge in [0.25, 0.3) is 5.17 Å². The highest BCUT2D eigenvalue weighted by atomic mass is 32.1. The van der Waals surface area contributed by atoms with Crippen LogP contribution >= 0.6 is 12.2 Å². The van der Waals surface area contributed by atoms with E-state index in [1.807, 2.05) is 17.2 Å². The molecule has 182 valence electrons. The zero-order valence-electron chi connectivity index (χ0n) is 21.2. The number of benzene rings is 2. The van der Waals surface area contributed by atoms with E-state index in [4.69, 9.17) is 21.9 Å². The van der Waals surface area contributed by atoms with E-state index in [0.29, 0.717) is 5.17 Å². The van der Waals surface area contributed by atoms with Crippen molar-refractivity contribution in [2.45, 2.75) is 70.8 Å². The third kappa shape index (κ3) is 5.80. The molecule has 2 aromatic rings. The minimum absolute atomic E-state index is 0.126. The molecule has 5 nitrogen and oxygen atoms in total. The molecule has 0 bridgehead atoms. The Morgan fingerprint density at radius 2 is 1.44 bits per heavy atom. The number of nitrogens with one attached hydrogen (secondary N) is 2. The third-order valence-corrected chi connectivity index (χ3v) is 6.79. The molecule has 1 spiro atoms. The average molecular weight is 480 g/mol. The van der Waals surface area contributed by atoms with E-state index < -0.39 is 0 Å². The second-order valence-electron chi connectivity index (χ2n) is 11.4. The smallest absolute Gasteiger partial charge is 0.283 e. The quantitative estimate of drug-likeness (QED) is 0.502. The maximum absolute atomic E-state index is 6.06. The van der Waals surface area contributed by atoms with Crippen LogP contribution in [0.2, 0.25) is 0 Å². The van der Waals surface area contributed by atoms with Crippen molar-refractivity contribution in [1.82, 2.24) is 10.5 Å². The summed E-state index contributed by atoms with van der Waals surface area (Å²) < 4.78 is 0. The van der Waals surface area contributed by atoms with E-state index in [2.05, 4.69) is 94.8 Å². The number of piperidine rings is 1. The van der Waals surface area contributed by atoms with E-state index in [-0.39, 0.29) is 16.4 Å². The largest absolute Gasteiger partial charge is 0.375 e. The fraction of sp³-hybridized carbons (Fsp3) is 0.464. The van der Waals surface area contributed by atoms with Gasteiger partial charge in [-0.1, -0.05) is 77.9 Å². The van der Waals surface area contributed by atoms with E-state index in [1.54, 1.807) is 0 Å². The highest BCUT2D eigenvalue weighted by Crippen LogP contribution is 2.35. The molecule has 0 aliphatic carbocycles. The van der Waals surface area contributed by atoms with E-state index in [1.165, 1.54) is 11.1 Å². The van der Waals surface area contributed by atoms with Crippen LogP contribution in [0, 0.1) is 0 Å². The second kappa shape index (κ2) is 9.33. The van der Waals surface area contributed by atoms with Crippen molar-refractivity contribution in [2.75, 3.05) is 18.4 Å². The Morgan fingerprint density at radius 1 is 0.912 bits per heavy atom. The normalized spacial score (nSPS) is 18.4. The lowest BCUT2D eigenvalue weighted by atomic mass is 9.86. The van der Waals surface area contributed by atoms with Gasteiger partial charge in [0.15, 0.2) is 0 Å². The number of thiocarbonyl (C=S) groups is 1. The second-order valence-corrected chi connectivity index (χ2v) is 11.8. The van der Waals surface area contributed by atoms with Gasteiger partial charge in [-0.3, -0.25) is 10.3 Å². The molecule has 0 radical (unpaired) electrons. The van der Waals surface area contributed by atoms with Gasteiger partial charge in [0.2, 0.25) is 0 Å². The van der Waals surface area contributed by atoms with Gasteiger partial charge in [-0.15, -0.1) is 5.06 Å². The van der Waals surface area contributed by atoms with Crippen molar-refractivity contribution in [2.24, 2.45) is 0 Å². The Labute approximate surface area is 209 Å². The molecule has 0 unspecified atom stereocenters. The zero-order chi connectivity index (χ0) is 24.6. The molecular weight excluding hydrogens is 442 g/mol. The molecule has 0 atom stereocenters. The van der Waals surface area contributed by atoms with Gasteiger partial charge in [0, 0.05) is 18.8 Å². The molecule has 2 aliphatic rings. The maximum Gasteiger partial charge on any atom is 0.283 e. The van der Waals surface area contributed by atoms with E-state index in [9.17, 15) is 0 Å². The van der Waals surface area contributed by atoms with Gasteiger partial charge >= 0.3 is 0 Å². The predicted molar refractivity (Wildman–Crippen MR) is 143 cm³/mol. The molecule has 2 heterocycles. The monoisotopic (exact) mass is 479 g/mol. The summed E-state index contributed by atoms with van der Waals surface area (Å²) in [6, 6.07) is 17.1. The van der Waals surface area contributed by atoms with Crippen molar-refractivity contribution >= 4 is 28.8 Å². The average Bonchev–Trinajstić information content (AvgIpc) is 3.18. The predicted octanol–water partition coefficient (Wildman–Crippen LogP) is 6.32. The fourth-order valence-corrected chi connectivity index (χ4v) is 4.51. The number of hydrogen-bond donors (Lipinski definition) is 2.